The van der Waals surface area contributed by atoms with Gasteiger partial charge in [-0.2, -0.15) is 9.57 Å². The van der Waals surface area contributed by atoms with Crippen molar-refractivity contribution in [2.75, 3.05) is 32.7 Å². The summed E-state index contributed by atoms with van der Waals surface area (Å²) in [5.41, 5.74) is 0.770. The predicted molar refractivity (Wildman–Crippen MR) is 115 cm³/mol. The molecule has 3 rings (SSSR count). The molecule has 2 aromatic carbocycles. The molecule has 1 N–H and O–H groups in total. The summed E-state index contributed by atoms with van der Waals surface area (Å²) in [5.74, 6) is -0.530. The van der Waals surface area contributed by atoms with Crippen LogP contribution in [-0.4, -0.2) is 62.2 Å². The van der Waals surface area contributed by atoms with E-state index in [9.17, 15) is 18.0 Å². The Bertz CT molecular complexity index is 1080. The number of amides is 2. The van der Waals surface area contributed by atoms with Gasteiger partial charge in [-0.1, -0.05) is 24.3 Å². The Hall–Kier alpha value is -3.22. The molecule has 0 bridgehead atoms. The molecule has 0 radical (unpaired) electrons. The molecule has 0 aromatic heterocycles. The number of hydrogen-bond donors (Lipinski definition) is 1. The fraction of sp³-hybridized carbons (Fsp3) is 0.318. The highest BCUT2D eigenvalue weighted by Gasteiger charge is 2.26. The fourth-order valence-corrected chi connectivity index (χ4v) is 4.90. The summed E-state index contributed by atoms with van der Waals surface area (Å²) >= 11 is 0. The van der Waals surface area contributed by atoms with E-state index in [0.29, 0.717) is 30.6 Å². The van der Waals surface area contributed by atoms with E-state index in [4.69, 9.17) is 5.26 Å². The molecular weight excluding hydrogens is 416 g/mol. The lowest BCUT2D eigenvalue weighted by Crippen LogP contribution is -2.39. The molecule has 1 fully saturated rings. The molecule has 1 aliphatic rings. The number of sulfonamides is 1. The summed E-state index contributed by atoms with van der Waals surface area (Å²) < 4.78 is 27.4. The van der Waals surface area contributed by atoms with Gasteiger partial charge in [-0.3, -0.25) is 9.59 Å². The van der Waals surface area contributed by atoms with Crippen molar-refractivity contribution in [1.82, 2.24) is 14.5 Å². The first-order valence-corrected chi connectivity index (χ1v) is 11.5. The minimum atomic E-state index is -3.75. The Morgan fingerprint density at radius 3 is 2.52 bits per heavy atom. The van der Waals surface area contributed by atoms with Gasteiger partial charge in [0.05, 0.1) is 16.5 Å². The zero-order chi connectivity index (χ0) is 22.3. The second kappa shape index (κ2) is 10.2. The van der Waals surface area contributed by atoms with E-state index in [0.717, 1.165) is 0 Å². The molecule has 1 saturated heterocycles. The molecule has 0 spiro atoms. The summed E-state index contributed by atoms with van der Waals surface area (Å²) in [6.07, 6.45) is 0.466. The maximum absolute atomic E-state index is 13.0. The molecule has 0 unspecified atom stereocenters. The third kappa shape index (κ3) is 5.69. The van der Waals surface area contributed by atoms with Crippen LogP contribution in [0.2, 0.25) is 0 Å². The fourth-order valence-electron chi connectivity index (χ4n) is 3.40. The SMILES string of the molecule is N#Cc1cccc(C(=O)N2CCCN(S(=O)(=O)c3ccccc3)CCC(=O)NCC2)c1. The molecule has 8 nitrogen and oxygen atoms in total. The van der Waals surface area contributed by atoms with Crippen molar-refractivity contribution in [2.24, 2.45) is 0 Å². The van der Waals surface area contributed by atoms with Crippen molar-refractivity contribution >= 4 is 21.8 Å². The number of carbonyl (C=O) groups is 2. The van der Waals surface area contributed by atoms with Gasteiger partial charge in [0.2, 0.25) is 15.9 Å². The molecule has 0 saturated carbocycles. The van der Waals surface area contributed by atoms with Crippen LogP contribution in [0.15, 0.2) is 59.5 Å². The standard InChI is InChI=1S/C22H24N4O4S/c23-17-18-6-4-7-19(16-18)22(28)25-12-5-13-26(14-10-21(27)24-11-15-25)31(29,30)20-8-2-1-3-9-20/h1-4,6-9,16H,5,10-15H2,(H,24,27). The highest BCUT2D eigenvalue weighted by molar-refractivity contribution is 7.89. The van der Waals surface area contributed by atoms with Gasteiger partial charge >= 0.3 is 0 Å². The lowest BCUT2D eigenvalue weighted by Gasteiger charge is -2.25. The largest absolute Gasteiger partial charge is 0.354 e. The number of carbonyl (C=O) groups excluding carboxylic acids is 2. The number of nitriles is 1. The maximum atomic E-state index is 13.0. The van der Waals surface area contributed by atoms with E-state index in [1.807, 2.05) is 6.07 Å². The highest BCUT2D eigenvalue weighted by Crippen LogP contribution is 2.17. The Kier molecular flexibility index (Phi) is 7.39. The van der Waals surface area contributed by atoms with Crippen LogP contribution in [0.3, 0.4) is 0 Å². The molecule has 9 heteroatoms. The minimum Gasteiger partial charge on any atom is -0.354 e. The van der Waals surface area contributed by atoms with Crippen LogP contribution in [-0.2, 0) is 14.8 Å². The van der Waals surface area contributed by atoms with Crippen molar-refractivity contribution in [3.05, 3.63) is 65.7 Å². The van der Waals surface area contributed by atoms with Gasteiger partial charge in [-0.25, -0.2) is 8.42 Å². The van der Waals surface area contributed by atoms with Crippen molar-refractivity contribution in [3.63, 3.8) is 0 Å². The van der Waals surface area contributed by atoms with Gasteiger partial charge in [0.15, 0.2) is 0 Å². The topological polar surface area (TPSA) is 111 Å². The van der Waals surface area contributed by atoms with Gasteiger partial charge in [-0.05, 0) is 36.8 Å². The van der Waals surface area contributed by atoms with Crippen LogP contribution < -0.4 is 5.32 Å². The minimum absolute atomic E-state index is 0.0459. The summed E-state index contributed by atoms with van der Waals surface area (Å²) in [4.78, 5) is 26.9. The first-order valence-electron chi connectivity index (χ1n) is 10.0. The van der Waals surface area contributed by atoms with Gasteiger partial charge in [-0.15, -0.1) is 0 Å². The van der Waals surface area contributed by atoms with Gasteiger partial charge in [0.25, 0.3) is 5.91 Å². The van der Waals surface area contributed by atoms with Crippen LogP contribution in [0.25, 0.3) is 0 Å². The van der Waals surface area contributed by atoms with Gasteiger partial charge < -0.3 is 10.2 Å². The molecule has 0 atom stereocenters. The first-order chi connectivity index (χ1) is 14.9. The summed E-state index contributed by atoms with van der Waals surface area (Å²) in [6.45, 7) is 1.15. The molecule has 162 valence electrons. The Morgan fingerprint density at radius 1 is 1.00 bits per heavy atom. The Labute approximate surface area is 182 Å². The lowest BCUT2D eigenvalue weighted by atomic mass is 10.1. The smallest absolute Gasteiger partial charge is 0.253 e. The number of hydrogen-bond acceptors (Lipinski definition) is 5. The summed E-state index contributed by atoms with van der Waals surface area (Å²) in [7, 11) is -3.75. The quantitative estimate of drug-likeness (QED) is 0.779. The van der Waals surface area contributed by atoms with E-state index in [1.165, 1.54) is 22.5 Å². The van der Waals surface area contributed by atoms with Crippen molar-refractivity contribution in [2.45, 2.75) is 17.7 Å². The number of nitrogens with zero attached hydrogens (tertiary/aromatic N) is 3. The average Bonchev–Trinajstić information content (AvgIpc) is 2.84. The van der Waals surface area contributed by atoms with Crippen molar-refractivity contribution < 1.29 is 18.0 Å². The Morgan fingerprint density at radius 2 is 1.77 bits per heavy atom. The van der Waals surface area contributed by atoms with Crippen LogP contribution in [0.4, 0.5) is 0 Å². The third-order valence-electron chi connectivity index (χ3n) is 5.03. The van der Waals surface area contributed by atoms with Crippen LogP contribution in [0, 0.1) is 11.3 Å². The summed E-state index contributed by atoms with van der Waals surface area (Å²) in [5, 5.41) is 11.8. The van der Waals surface area contributed by atoms with Gasteiger partial charge in [0, 0.05) is 44.7 Å². The second-order valence-electron chi connectivity index (χ2n) is 7.16. The Balaban J connectivity index is 1.79. The zero-order valence-electron chi connectivity index (χ0n) is 17.0. The maximum Gasteiger partial charge on any atom is 0.253 e. The van der Waals surface area contributed by atoms with E-state index in [-0.39, 0.29) is 42.8 Å². The predicted octanol–water partition coefficient (Wildman–Crippen LogP) is 1.60. The number of benzene rings is 2. The zero-order valence-corrected chi connectivity index (χ0v) is 17.8. The molecule has 0 aliphatic carbocycles. The van der Waals surface area contributed by atoms with Crippen molar-refractivity contribution in [3.8, 4) is 6.07 Å². The van der Waals surface area contributed by atoms with Crippen molar-refractivity contribution in [1.29, 1.82) is 5.26 Å². The highest BCUT2D eigenvalue weighted by atomic mass is 32.2. The third-order valence-corrected chi connectivity index (χ3v) is 6.95. The van der Waals surface area contributed by atoms with Gasteiger partial charge in [0.1, 0.15) is 0 Å². The normalized spacial score (nSPS) is 16.6. The summed E-state index contributed by atoms with van der Waals surface area (Å²) in [6, 6.07) is 16.6. The number of nitrogens with one attached hydrogen (secondary N) is 1. The van der Waals surface area contributed by atoms with E-state index in [2.05, 4.69) is 5.32 Å². The molecular formula is C22H24N4O4S. The van der Waals surface area contributed by atoms with E-state index in [1.54, 1.807) is 41.3 Å². The van der Waals surface area contributed by atoms with Crippen LogP contribution in [0.1, 0.15) is 28.8 Å². The van der Waals surface area contributed by atoms with Crippen LogP contribution >= 0.6 is 0 Å². The number of rotatable bonds is 3. The molecule has 2 amide bonds. The van der Waals surface area contributed by atoms with E-state index >= 15 is 0 Å². The second-order valence-corrected chi connectivity index (χ2v) is 9.09. The average molecular weight is 441 g/mol. The monoisotopic (exact) mass is 440 g/mol. The van der Waals surface area contributed by atoms with Crippen LogP contribution in [0.5, 0.6) is 0 Å². The molecule has 31 heavy (non-hydrogen) atoms. The molecule has 1 heterocycles. The first kappa shape index (κ1) is 22.5. The van der Waals surface area contributed by atoms with E-state index < -0.39 is 10.0 Å². The lowest BCUT2D eigenvalue weighted by molar-refractivity contribution is -0.121. The molecule has 1 aliphatic heterocycles. The molecule has 2 aromatic rings.